The van der Waals surface area contributed by atoms with Crippen molar-refractivity contribution in [1.82, 2.24) is 51.5 Å². The van der Waals surface area contributed by atoms with E-state index in [1.807, 2.05) is 124 Å². The van der Waals surface area contributed by atoms with Gasteiger partial charge in [-0.1, -0.05) is 180 Å². The zero-order chi connectivity index (χ0) is 101. The summed E-state index contributed by atoms with van der Waals surface area (Å²) in [6.07, 6.45) is 5.81. The van der Waals surface area contributed by atoms with Crippen molar-refractivity contribution in [3.63, 3.8) is 0 Å². The molecule has 4 heterocycles. The molecule has 8 aromatic carbocycles. The molecule has 0 saturated heterocycles. The van der Waals surface area contributed by atoms with Gasteiger partial charge < -0.3 is 92.1 Å². The summed E-state index contributed by atoms with van der Waals surface area (Å²) in [7, 11) is 2.99. The Hall–Kier alpha value is -13.9. The molecule has 31 heteroatoms. The van der Waals surface area contributed by atoms with Gasteiger partial charge in [0.05, 0.1) is 65.7 Å². The Morgan fingerprint density at radius 1 is 0.545 bits per heavy atom. The minimum Gasteiger partial charge on any atom is -0.497 e. The molecule has 8 aromatic rings. The highest BCUT2D eigenvalue weighted by Crippen LogP contribution is 2.42. The van der Waals surface area contributed by atoms with Crippen molar-refractivity contribution < 1.29 is 76.1 Å². The maximum atomic E-state index is 15.5. The number of nitrogens with one attached hydrogen (secondary N) is 6. The lowest BCUT2D eigenvalue weighted by molar-refractivity contribution is -0.138. The Labute approximate surface area is 842 Å². The van der Waals surface area contributed by atoms with E-state index in [4.69, 9.17) is 40.6 Å². The van der Waals surface area contributed by atoms with Crippen molar-refractivity contribution in [2.45, 2.75) is 193 Å². The zero-order valence-electron chi connectivity index (χ0n) is 82.3. The number of methoxy groups -OCH3 is 2. The van der Waals surface area contributed by atoms with E-state index in [-0.39, 0.29) is 128 Å². The Bertz CT molecular complexity index is 6070. The van der Waals surface area contributed by atoms with Crippen molar-refractivity contribution in [2.75, 3.05) is 98.8 Å². The molecular weight excluding hydrogens is 1830 g/mol. The standard InChI is InChI=1S/C111H135N13O17S.CH4/c1-72(2)48-87-64-123(108(134)59-81-54-90(137-6)61-91(55-81)138-7)69-104(130)118-88(53-76-21-11-9-12-22-76)65-124(106(132)57-79-31-34-82-23-14-15-24-84(82)52-79)68-103(129)117-86(26-17-19-45-113)63-122(107(133)58-80-33-41-96-99(56-80)140-71-139-96)67-102(128)116-85(25-16-18-44-112)62-121(105(131)43-47-142-70-77-29-35-83(36-30-77)111(136)119-87)66-101(127)115-46-42-100(126)120-95(110(114)135)27-13-8-10-20-73(3)49-78-32-39-92(75(5)51-78)109-93-38-28-74(4)50-97(93)141-98-60-89(125)37-40-94(98)109;/h9,11-12,14-15,21-24,28-41,50-52,54-56,60-61,72,85-88,95H,3,8,10,13,16-20,25-27,42-49,53,57-59,62-71,112-113H2,1-2,4-7H3,(H2,114,135)(H,115,127)(H,116,128)(H,117,129)(H,118,130)(H,119,136)(H,120,126);1H4/t85-,86-,87-,88-,95?;/m0./s1. The van der Waals surface area contributed by atoms with Crippen LogP contribution in [0.4, 0.5) is 0 Å². The highest BCUT2D eigenvalue weighted by molar-refractivity contribution is 7.98. The normalized spacial score (nSPS) is 16.4. The second-order valence-corrected chi connectivity index (χ2v) is 38.6. The van der Waals surface area contributed by atoms with Crippen LogP contribution in [0.2, 0.25) is 0 Å². The summed E-state index contributed by atoms with van der Waals surface area (Å²) in [6.45, 7) is 9.96. The van der Waals surface area contributed by atoms with Crippen LogP contribution in [0.15, 0.2) is 209 Å². The Balaban J connectivity index is 0.0000195. The van der Waals surface area contributed by atoms with E-state index in [2.05, 4.69) is 69.7 Å². The van der Waals surface area contributed by atoms with Gasteiger partial charge in [0.1, 0.15) is 28.9 Å². The zero-order valence-corrected chi connectivity index (χ0v) is 83.1. The summed E-state index contributed by atoms with van der Waals surface area (Å²) in [4.78, 5) is 180. The molecule has 1 aliphatic carbocycles. The monoisotopic (exact) mass is 1970 g/mol. The summed E-state index contributed by atoms with van der Waals surface area (Å²) in [5.41, 5.74) is 29.4. The van der Waals surface area contributed by atoms with E-state index >= 15 is 28.8 Å². The minimum atomic E-state index is -0.994. The molecule has 13 rings (SSSR count). The number of amides is 11. The van der Waals surface area contributed by atoms with E-state index in [0.717, 1.165) is 85.5 Å². The van der Waals surface area contributed by atoms with Crippen molar-refractivity contribution in [1.29, 1.82) is 0 Å². The fourth-order valence-electron chi connectivity index (χ4n) is 18.2. The van der Waals surface area contributed by atoms with Gasteiger partial charge in [0.15, 0.2) is 16.9 Å². The van der Waals surface area contributed by atoms with Gasteiger partial charge in [-0.3, -0.25) is 57.5 Å². The number of nitrogens with zero attached hydrogens (tertiary/aromatic N) is 4. The number of carbonyl (C=O) groups is 11. The summed E-state index contributed by atoms with van der Waals surface area (Å²) >= 11 is 1.44. The van der Waals surface area contributed by atoms with Crippen LogP contribution in [0.5, 0.6) is 23.0 Å². The van der Waals surface area contributed by atoms with Gasteiger partial charge in [-0.2, -0.15) is 11.8 Å². The van der Waals surface area contributed by atoms with Crippen molar-refractivity contribution in [2.24, 2.45) is 23.1 Å². The van der Waals surface area contributed by atoms with Gasteiger partial charge in [0.25, 0.3) is 5.91 Å². The van der Waals surface area contributed by atoms with Crippen LogP contribution < -0.4 is 73.5 Å². The van der Waals surface area contributed by atoms with Gasteiger partial charge in [0.2, 0.25) is 65.9 Å². The summed E-state index contributed by atoms with van der Waals surface area (Å²) in [5, 5.41) is 20.9. The molecule has 143 heavy (non-hydrogen) atoms. The maximum absolute atomic E-state index is 15.5. The van der Waals surface area contributed by atoms with Gasteiger partial charge >= 0.3 is 0 Å². The molecule has 30 nitrogen and oxygen atoms in total. The summed E-state index contributed by atoms with van der Waals surface area (Å²) in [5.74, 6) is -3.13. The minimum absolute atomic E-state index is 0. The smallest absolute Gasteiger partial charge is 0.251 e. The quantitative estimate of drug-likeness (QED) is 0.00762. The van der Waals surface area contributed by atoms with E-state index < -0.39 is 121 Å². The van der Waals surface area contributed by atoms with Crippen LogP contribution in [-0.2, 0) is 85.8 Å². The fourth-order valence-corrected chi connectivity index (χ4v) is 19.1. The number of fused-ring (bicyclic) bond motifs is 33. The predicted octanol–water partition coefficient (Wildman–Crippen LogP) is 12.7. The second-order valence-electron chi connectivity index (χ2n) is 37.5. The van der Waals surface area contributed by atoms with Crippen molar-refractivity contribution in [3.8, 4) is 45.4 Å². The summed E-state index contributed by atoms with van der Waals surface area (Å²) < 4.78 is 28.8. The topological polar surface area (TPSA) is 418 Å². The van der Waals surface area contributed by atoms with Gasteiger partial charge in [-0.15, -0.1) is 0 Å². The number of nitrogens with two attached hydrogens (primary N) is 3. The van der Waals surface area contributed by atoms with Gasteiger partial charge in [-0.05, 0) is 213 Å². The van der Waals surface area contributed by atoms with Crippen molar-refractivity contribution in [3.05, 3.63) is 261 Å². The van der Waals surface area contributed by atoms with Gasteiger partial charge in [0, 0.05) is 109 Å². The number of hydrogen-bond donors (Lipinski definition) is 9. The first-order valence-corrected chi connectivity index (χ1v) is 50.2. The van der Waals surface area contributed by atoms with Crippen LogP contribution in [0, 0.1) is 19.8 Å². The second kappa shape index (κ2) is 54.9. The van der Waals surface area contributed by atoms with E-state index in [1.54, 1.807) is 54.6 Å². The number of rotatable bonds is 36. The first kappa shape index (κ1) is 109. The average Bonchev–Trinajstić information content (AvgIpc) is 0.958. The lowest BCUT2D eigenvalue weighted by Crippen LogP contribution is -2.55. The Kier molecular flexibility index (Phi) is 42.0. The fraction of sp³-hybridized carbons (Fsp3) is 0.411. The highest BCUT2D eigenvalue weighted by atomic mass is 32.2. The Morgan fingerprint density at radius 2 is 1.14 bits per heavy atom. The molecule has 5 aliphatic rings. The van der Waals surface area contributed by atoms with Crippen LogP contribution in [0.1, 0.15) is 166 Å². The van der Waals surface area contributed by atoms with E-state index in [9.17, 15) is 28.8 Å². The first-order chi connectivity index (χ1) is 68.5. The molecule has 4 aliphatic heterocycles. The molecule has 0 spiro atoms. The highest BCUT2D eigenvalue weighted by Gasteiger charge is 2.33. The van der Waals surface area contributed by atoms with E-state index in [0.29, 0.717) is 114 Å². The molecule has 760 valence electrons. The summed E-state index contributed by atoms with van der Waals surface area (Å²) in [6, 6.07) is 52.9. The van der Waals surface area contributed by atoms with Gasteiger partial charge in [-0.25, -0.2) is 0 Å². The number of benzene rings is 9. The maximum Gasteiger partial charge on any atom is 0.251 e. The number of primary amides is 1. The number of unbranched alkanes of at least 4 members (excludes halogenated alkanes) is 4. The van der Waals surface area contributed by atoms with Crippen LogP contribution in [-0.4, -0.2) is 214 Å². The molecular formula is C112H139N13O17S. The average molecular weight is 1970 g/mol. The third kappa shape index (κ3) is 33.9. The predicted molar refractivity (Wildman–Crippen MR) is 559 cm³/mol. The molecule has 0 radical (unpaired) electrons. The lowest BCUT2D eigenvalue weighted by atomic mass is 9.89. The number of aryl methyl sites for hydroxylation is 2. The number of carbonyl (C=O) groups excluding carboxylic acids is 11. The first-order valence-electron chi connectivity index (χ1n) is 49.1. The molecule has 0 saturated carbocycles. The third-order valence-electron chi connectivity index (χ3n) is 25.4. The third-order valence-corrected chi connectivity index (χ3v) is 26.5. The molecule has 0 aromatic heterocycles. The molecule has 11 amide bonds. The van der Waals surface area contributed by atoms with Crippen LogP contribution >= 0.6 is 11.8 Å². The molecule has 0 fully saturated rings. The largest absolute Gasteiger partial charge is 0.497 e. The lowest BCUT2D eigenvalue weighted by Gasteiger charge is -2.32. The number of allylic oxidation sites excluding steroid dienone is 1. The van der Waals surface area contributed by atoms with Crippen LogP contribution in [0.3, 0.4) is 0 Å². The molecule has 5 atom stereocenters. The number of ether oxygens (including phenoxy) is 4. The Morgan fingerprint density at radius 3 is 1.79 bits per heavy atom. The van der Waals surface area contributed by atoms with Crippen molar-refractivity contribution >= 4 is 98.5 Å². The SMILES string of the molecule is C.C=C(CCCCCC(NC(=O)CCNC(=O)CN1C[C@H](CCCCN)NC(=O)CN(C(=O)Cc2ccc3c(c2)OCO3)C[C@H](CCCCN)NC(=O)CN(C(=O)Cc2ccc3ccccc3c2)C[C@H](Cc2ccccc2)NC(=O)CN(C(=O)Cc2cc(OC)cc(OC)c2)C[C@H](CC(C)C)NC(=O)c2ccc(cc2)CSCCC1=O)C(N)=O)Cc1ccc(-c2c3ccc(=O)cc-3oc3cc(C)ccc23)c(C)c1. The molecule has 2 bridgehead atoms. The van der Waals surface area contributed by atoms with Crippen LogP contribution in [0.25, 0.3) is 44.2 Å². The molecule has 12 N–H and O–H groups in total. The van der Waals surface area contributed by atoms with E-state index in [1.165, 1.54) is 51.6 Å². The number of thioether (sulfide) groups is 1. The number of hydrogen-bond acceptors (Lipinski definition) is 20. The molecule has 1 unspecified atom stereocenters.